The Morgan fingerprint density at radius 2 is 1.50 bits per heavy atom. The van der Waals surface area contributed by atoms with Crippen molar-refractivity contribution in [2.24, 2.45) is 0 Å². The van der Waals surface area contributed by atoms with Crippen molar-refractivity contribution in [3.05, 3.63) is 119 Å². The molecule has 4 heterocycles. The molecule has 0 saturated carbocycles. The second-order valence-corrected chi connectivity index (χ2v) is 13.0. The molecule has 52 heavy (non-hydrogen) atoms. The fourth-order valence-electron chi connectivity index (χ4n) is 6.73. The number of ether oxygens (including phenoxy) is 6. The normalized spacial score (nSPS) is 24.0. The van der Waals surface area contributed by atoms with Crippen LogP contribution in [-0.2, 0) is 57.8 Å². The van der Waals surface area contributed by atoms with Gasteiger partial charge in [0.05, 0.1) is 32.8 Å². The summed E-state index contributed by atoms with van der Waals surface area (Å²) in [6.45, 7) is 3.29. The molecule has 0 bridgehead atoms. The van der Waals surface area contributed by atoms with Gasteiger partial charge in [0.1, 0.15) is 36.5 Å². The molecule has 0 aliphatic carbocycles. The lowest BCUT2D eigenvalue weighted by Gasteiger charge is -2.52. The summed E-state index contributed by atoms with van der Waals surface area (Å²) in [5.41, 5.74) is 2.02. The number of anilines is 1. The van der Waals surface area contributed by atoms with Gasteiger partial charge in [0.2, 0.25) is 11.9 Å². The van der Waals surface area contributed by atoms with Crippen LogP contribution in [-0.4, -0.2) is 74.6 Å². The van der Waals surface area contributed by atoms with Crippen LogP contribution in [0.25, 0.3) is 11.2 Å². The van der Waals surface area contributed by atoms with Gasteiger partial charge in [-0.2, -0.15) is 9.97 Å². The van der Waals surface area contributed by atoms with E-state index in [0.717, 1.165) is 16.7 Å². The molecular formula is C38H38ClN5O8. The molecule has 2 saturated heterocycles. The molecule has 2 aliphatic heterocycles. The Morgan fingerprint density at radius 3 is 2.12 bits per heavy atom. The van der Waals surface area contributed by atoms with Crippen molar-refractivity contribution in [1.29, 1.82) is 0 Å². The highest BCUT2D eigenvalue weighted by Crippen LogP contribution is 2.49. The highest BCUT2D eigenvalue weighted by atomic mass is 35.5. The first-order valence-electron chi connectivity index (χ1n) is 16.9. The number of nitrogens with zero attached hydrogens (tertiary/aromatic N) is 4. The minimum atomic E-state index is -1.34. The zero-order valence-corrected chi connectivity index (χ0v) is 29.3. The number of halogens is 1. The maximum Gasteiger partial charge on any atom is 0.302 e. The van der Waals surface area contributed by atoms with Crippen LogP contribution in [0.5, 0.6) is 0 Å². The number of fused-ring (bicyclic) bond motifs is 2. The first-order valence-corrected chi connectivity index (χ1v) is 17.3. The van der Waals surface area contributed by atoms with Gasteiger partial charge in [0.25, 0.3) is 0 Å². The van der Waals surface area contributed by atoms with Crippen molar-refractivity contribution in [2.45, 2.75) is 69.9 Å². The maximum atomic E-state index is 12.3. The van der Waals surface area contributed by atoms with Gasteiger partial charge in [-0.05, 0) is 16.7 Å². The van der Waals surface area contributed by atoms with Crippen LogP contribution in [0.2, 0.25) is 5.15 Å². The average Bonchev–Trinajstić information content (AvgIpc) is 3.75. The first-order chi connectivity index (χ1) is 25.3. The van der Waals surface area contributed by atoms with E-state index in [-0.39, 0.29) is 55.7 Å². The SMILES string of the molecule is CC(=O)Nc1nc(Cl)c2c(ncn2[C@@H]2O[C@H](COC(C)=O)[C@@H](OCc3ccccc3)[C@@]3(OCc4ccccc4)[C@@H](OCc4ccccc4)CO[C@@H]23)n1. The van der Waals surface area contributed by atoms with Gasteiger partial charge in [-0.25, -0.2) is 4.98 Å². The molecule has 14 heteroatoms. The van der Waals surface area contributed by atoms with Crippen molar-refractivity contribution in [2.75, 3.05) is 18.5 Å². The minimum absolute atomic E-state index is 0.00829. The molecule has 2 aromatic heterocycles. The minimum Gasteiger partial charge on any atom is -0.463 e. The Morgan fingerprint density at radius 1 is 0.885 bits per heavy atom. The van der Waals surface area contributed by atoms with E-state index in [2.05, 4.69) is 20.3 Å². The van der Waals surface area contributed by atoms with Crippen LogP contribution in [0.4, 0.5) is 5.95 Å². The van der Waals surface area contributed by atoms with Gasteiger partial charge in [0, 0.05) is 13.8 Å². The van der Waals surface area contributed by atoms with Gasteiger partial charge < -0.3 is 28.4 Å². The summed E-state index contributed by atoms with van der Waals surface area (Å²) in [5.74, 6) is -0.839. The molecule has 6 atom stereocenters. The maximum absolute atomic E-state index is 12.3. The van der Waals surface area contributed by atoms with E-state index in [0.29, 0.717) is 5.52 Å². The third kappa shape index (κ3) is 7.56. The number of esters is 1. The zero-order valence-electron chi connectivity index (χ0n) is 28.6. The van der Waals surface area contributed by atoms with E-state index in [1.807, 2.05) is 91.0 Å². The topological polar surface area (TPSA) is 145 Å². The van der Waals surface area contributed by atoms with E-state index >= 15 is 0 Å². The number of amides is 1. The molecular weight excluding hydrogens is 690 g/mol. The predicted octanol–water partition coefficient (Wildman–Crippen LogP) is 5.42. The largest absolute Gasteiger partial charge is 0.463 e. The number of carbonyl (C=O) groups excluding carboxylic acids is 2. The number of nitrogens with one attached hydrogen (secondary N) is 1. The highest BCUT2D eigenvalue weighted by molar-refractivity contribution is 6.33. The Kier molecular flexibility index (Phi) is 10.9. The molecule has 3 aromatic carbocycles. The molecule has 270 valence electrons. The van der Waals surface area contributed by atoms with Crippen LogP contribution in [0, 0.1) is 0 Å². The summed E-state index contributed by atoms with van der Waals surface area (Å²) in [5, 5.41) is 2.58. The molecule has 7 rings (SSSR count). The fourth-order valence-corrected chi connectivity index (χ4v) is 6.99. The number of hydrogen-bond donors (Lipinski definition) is 1. The molecule has 5 aromatic rings. The van der Waals surface area contributed by atoms with Gasteiger partial charge in [0.15, 0.2) is 22.6 Å². The lowest BCUT2D eigenvalue weighted by atomic mass is 9.80. The molecule has 0 unspecified atom stereocenters. The van der Waals surface area contributed by atoms with Crippen LogP contribution in [0.1, 0.15) is 36.8 Å². The summed E-state index contributed by atoms with van der Waals surface area (Å²) in [4.78, 5) is 37.2. The van der Waals surface area contributed by atoms with Crippen molar-refractivity contribution in [3.8, 4) is 0 Å². The van der Waals surface area contributed by atoms with E-state index in [1.165, 1.54) is 20.2 Å². The van der Waals surface area contributed by atoms with E-state index < -0.39 is 42.2 Å². The summed E-state index contributed by atoms with van der Waals surface area (Å²) in [6.07, 6.45) is -2.74. The smallest absolute Gasteiger partial charge is 0.302 e. The summed E-state index contributed by atoms with van der Waals surface area (Å²) >= 11 is 6.75. The first kappa shape index (κ1) is 35.6. The molecule has 1 N–H and O–H groups in total. The summed E-state index contributed by atoms with van der Waals surface area (Å²) < 4.78 is 41.4. The monoisotopic (exact) mass is 727 g/mol. The number of hydrogen-bond acceptors (Lipinski definition) is 11. The molecule has 2 fully saturated rings. The van der Waals surface area contributed by atoms with Gasteiger partial charge in [-0.1, -0.05) is 103 Å². The van der Waals surface area contributed by atoms with Crippen molar-refractivity contribution < 1.29 is 38.0 Å². The zero-order chi connectivity index (χ0) is 36.1. The number of aromatic nitrogens is 4. The highest BCUT2D eigenvalue weighted by Gasteiger charge is 2.67. The van der Waals surface area contributed by atoms with Gasteiger partial charge >= 0.3 is 5.97 Å². The Bertz CT molecular complexity index is 1990. The van der Waals surface area contributed by atoms with Crippen LogP contribution >= 0.6 is 11.6 Å². The van der Waals surface area contributed by atoms with Crippen LogP contribution in [0.15, 0.2) is 97.3 Å². The number of carbonyl (C=O) groups is 2. The number of rotatable bonds is 13. The predicted molar refractivity (Wildman–Crippen MR) is 189 cm³/mol. The van der Waals surface area contributed by atoms with Crippen molar-refractivity contribution in [1.82, 2.24) is 19.5 Å². The summed E-state index contributed by atoms with van der Waals surface area (Å²) in [6, 6.07) is 29.3. The quantitative estimate of drug-likeness (QED) is 0.123. The third-order valence-electron chi connectivity index (χ3n) is 9.03. The van der Waals surface area contributed by atoms with Crippen molar-refractivity contribution in [3.63, 3.8) is 0 Å². The lowest BCUT2D eigenvalue weighted by Crippen LogP contribution is -2.69. The molecule has 1 amide bonds. The van der Waals surface area contributed by atoms with Gasteiger partial charge in [-0.15, -0.1) is 0 Å². The number of benzene rings is 3. The summed E-state index contributed by atoms with van der Waals surface area (Å²) in [7, 11) is 0. The average molecular weight is 728 g/mol. The molecule has 2 aliphatic rings. The Hall–Kier alpha value is -4.76. The number of imidazole rings is 1. The fraction of sp³-hybridized carbons (Fsp3) is 0.342. The standard InChI is InChI=1S/C38H38ClN5O8/c1-24(45)41-37-42-34(39)31-35(43-37)40-23-44(31)36-33-38(51-20-28-16-10-5-11-17-28,30(22-50-33)48-18-26-12-6-3-7-13-26)32(29(52-36)21-47-25(2)46)49-19-27-14-8-4-9-15-27/h3-17,23,29-30,32-33,36H,18-22H2,1-2H3,(H,41,42,43,45)/t29-,30+,32-,33+,36-,38+/m1/s1. The van der Waals surface area contributed by atoms with Crippen LogP contribution < -0.4 is 5.32 Å². The molecule has 0 spiro atoms. The molecule has 0 radical (unpaired) electrons. The second kappa shape index (κ2) is 15.9. The second-order valence-electron chi connectivity index (χ2n) is 12.6. The van der Waals surface area contributed by atoms with E-state index in [4.69, 9.17) is 40.0 Å². The molecule has 13 nitrogen and oxygen atoms in total. The Labute approximate surface area is 305 Å². The van der Waals surface area contributed by atoms with E-state index in [1.54, 1.807) is 4.57 Å². The van der Waals surface area contributed by atoms with Crippen LogP contribution in [0.3, 0.4) is 0 Å². The lowest BCUT2D eigenvalue weighted by molar-refractivity contribution is -0.318. The van der Waals surface area contributed by atoms with Gasteiger partial charge in [-0.3, -0.25) is 19.5 Å². The van der Waals surface area contributed by atoms with Crippen molar-refractivity contribution >= 4 is 40.6 Å². The Balaban J connectivity index is 1.35. The van der Waals surface area contributed by atoms with E-state index in [9.17, 15) is 9.59 Å². The third-order valence-corrected chi connectivity index (χ3v) is 9.29.